The van der Waals surface area contributed by atoms with Crippen LogP contribution in [0.2, 0.25) is 0 Å². The normalized spacial score (nSPS) is 29.9. The molecule has 0 aromatic carbocycles. The number of carbonyl (C=O) groups is 1. The maximum Gasteiger partial charge on any atom is 0.237 e. The van der Waals surface area contributed by atoms with Crippen molar-refractivity contribution in [2.75, 3.05) is 11.5 Å². The zero-order chi connectivity index (χ0) is 12.2. The summed E-state index contributed by atoms with van der Waals surface area (Å²) in [7, 11) is 0. The van der Waals surface area contributed by atoms with Crippen molar-refractivity contribution < 1.29 is 4.79 Å². The SMILES string of the molecule is CC(C)CSCCC1CCCC1(N)C(N)=O. The minimum Gasteiger partial charge on any atom is -0.368 e. The minimum atomic E-state index is -0.724. The topological polar surface area (TPSA) is 69.1 Å². The third kappa shape index (κ3) is 3.39. The van der Waals surface area contributed by atoms with Crippen LogP contribution in [-0.2, 0) is 4.79 Å². The van der Waals surface area contributed by atoms with Crippen LogP contribution in [0.3, 0.4) is 0 Å². The van der Waals surface area contributed by atoms with Gasteiger partial charge in [0.1, 0.15) is 0 Å². The van der Waals surface area contributed by atoms with Crippen LogP contribution in [0.25, 0.3) is 0 Å². The summed E-state index contributed by atoms with van der Waals surface area (Å²) in [5, 5.41) is 0. The van der Waals surface area contributed by atoms with E-state index in [2.05, 4.69) is 13.8 Å². The van der Waals surface area contributed by atoms with E-state index in [-0.39, 0.29) is 5.91 Å². The van der Waals surface area contributed by atoms with Crippen LogP contribution >= 0.6 is 11.8 Å². The lowest BCUT2D eigenvalue weighted by atomic mass is 9.85. The molecule has 4 heteroatoms. The van der Waals surface area contributed by atoms with E-state index in [1.54, 1.807) is 0 Å². The zero-order valence-electron chi connectivity index (χ0n) is 10.4. The highest BCUT2D eigenvalue weighted by Gasteiger charge is 2.43. The van der Waals surface area contributed by atoms with Gasteiger partial charge in [-0.2, -0.15) is 11.8 Å². The molecule has 1 fully saturated rings. The van der Waals surface area contributed by atoms with Gasteiger partial charge in [0.25, 0.3) is 0 Å². The first kappa shape index (κ1) is 13.8. The van der Waals surface area contributed by atoms with E-state index in [1.165, 1.54) is 5.75 Å². The summed E-state index contributed by atoms with van der Waals surface area (Å²) in [5.74, 6) is 2.98. The predicted octanol–water partition coefficient (Wildman–Crippen LogP) is 1.75. The quantitative estimate of drug-likeness (QED) is 0.699. The van der Waals surface area contributed by atoms with E-state index in [9.17, 15) is 4.79 Å². The van der Waals surface area contributed by atoms with Crippen molar-refractivity contribution in [2.45, 2.75) is 45.1 Å². The van der Waals surface area contributed by atoms with Gasteiger partial charge in [-0.25, -0.2) is 0 Å². The molecular weight excluding hydrogens is 220 g/mol. The monoisotopic (exact) mass is 244 g/mol. The van der Waals surface area contributed by atoms with Crippen LogP contribution in [0.15, 0.2) is 0 Å². The molecule has 0 bridgehead atoms. The van der Waals surface area contributed by atoms with Gasteiger partial charge < -0.3 is 11.5 Å². The molecule has 2 atom stereocenters. The van der Waals surface area contributed by atoms with Crippen LogP contribution in [0.4, 0.5) is 0 Å². The summed E-state index contributed by atoms with van der Waals surface area (Å²) in [5.41, 5.74) is 10.8. The largest absolute Gasteiger partial charge is 0.368 e. The molecule has 0 aromatic heterocycles. The molecule has 94 valence electrons. The fourth-order valence-electron chi connectivity index (χ4n) is 2.37. The van der Waals surface area contributed by atoms with Gasteiger partial charge in [-0.05, 0) is 42.6 Å². The molecule has 1 rings (SSSR count). The second kappa shape index (κ2) is 5.92. The first-order valence-electron chi connectivity index (χ1n) is 6.13. The standard InChI is InChI=1S/C12H24N2OS/c1-9(2)8-16-7-5-10-4-3-6-12(10,14)11(13)15/h9-10H,3-8,14H2,1-2H3,(H2,13,15). The highest BCUT2D eigenvalue weighted by atomic mass is 32.2. The van der Waals surface area contributed by atoms with E-state index in [1.807, 2.05) is 11.8 Å². The fourth-order valence-corrected chi connectivity index (χ4v) is 3.46. The summed E-state index contributed by atoms with van der Waals surface area (Å²) < 4.78 is 0. The number of carbonyl (C=O) groups excluding carboxylic acids is 1. The van der Waals surface area contributed by atoms with Gasteiger partial charge in [-0.15, -0.1) is 0 Å². The van der Waals surface area contributed by atoms with Crippen LogP contribution in [0.1, 0.15) is 39.5 Å². The summed E-state index contributed by atoms with van der Waals surface area (Å²) in [4.78, 5) is 11.4. The molecule has 0 spiro atoms. The molecule has 1 saturated carbocycles. The third-order valence-corrected chi connectivity index (χ3v) is 4.82. The highest BCUT2D eigenvalue weighted by Crippen LogP contribution is 2.36. The van der Waals surface area contributed by atoms with Crippen LogP contribution in [-0.4, -0.2) is 23.0 Å². The van der Waals surface area contributed by atoms with Crippen molar-refractivity contribution in [3.63, 3.8) is 0 Å². The molecule has 1 aliphatic carbocycles. The summed E-state index contributed by atoms with van der Waals surface area (Å²) in [6, 6.07) is 0. The number of primary amides is 1. The van der Waals surface area contributed by atoms with Gasteiger partial charge in [-0.1, -0.05) is 20.3 Å². The van der Waals surface area contributed by atoms with Gasteiger partial charge in [0.05, 0.1) is 5.54 Å². The maximum atomic E-state index is 11.4. The second-order valence-corrected chi connectivity index (χ2v) is 6.40. The Hall–Kier alpha value is -0.220. The molecule has 0 heterocycles. The number of thioether (sulfide) groups is 1. The molecule has 0 saturated heterocycles. The van der Waals surface area contributed by atoms with Crippen LogP contribution in [0.5, 0.6) is 0 Å². The predicted molar refractivity (Wildman–Crippen MR) is 70.2 cm³/mol. The molecular formula is C12H24N2OS. The van der Waals surface area contributed by atoms with Gasteiger partial charge in [0.2, 0.25) is 5.91 Å². The van der Waals surface area contributed by atoms with E-state index >= 15 is 0 Å². The summed E-state index contributed by atoms with van der Waals surface area (Å²) >= 11 is 1.95. The van der Waals surface area contributed by atoms with Crippen LogP contribution in [0, 0.1) is 11.8 Å². The first-order chi connectivity index (χ1) is 7.47. The Labute approximate surface area is 103 Å². The van der Waals surface area contributed by atoms with E-state index in [0.29, 0.717) is 5.92 Å². The molecule has 16 heavy (non-hydrogen) atoms. The summed E-state index contributed by atoms with van der Waals surface area (Å²) in [6.07, 6.45) is 3.89. The lowest BCUT2D eigenvalue weighted by Crippen LogP contribution is -2.54. The average molecular weight is 244 g/mol. The number of nitrogens with two attached hydrogens (primary N) is 2. The van der Waals surface area contributed by atoms with E-state index in [0.717, 1.165) is 37.4 Å². The summed E-state index contributed by atoms with van der Waals surface area (Å²) in [6.45, 7) is 4.44. The number of hydrogen-bond acceptors (Lipinski definition) is 3. The van der Waals surface area contributed by atoms with Crippen LogP contribution < -0.4 is 11.5 Å². The van der Waals surface area contributed by atoms with E-state index in [4.69, 9.17) is 11.5 Å². The molecule has 0 aliphatic heterocycles. The average Bonchev–Trinajstić information content (AvgIpc) is 2.56. The Bertz CT molecular complexity index is 245. The first-order valence-corrected chi connectivity index (χ1v) is 7.29. The maximum absolute atomic E-state index is 11.4. The Morgan fingerprint density at radius 1 is 1.56 bits per heavy atom. The van der Waals surface area contributed by atoms with Crippen molar-refractivity contribution in [3.8, 4) is 0 Å². The Balaban J connectivity index is 2.33. The molecule has 3 nitrogen and oxygen atoms in total. The van der Waals surface area contributed by atoms with Gasteiger partial charge in [0, 0.05) is 0 Å². The molecule has 0 aromatic rings. The van der Waals surface area contributed by atoms with Gasteiger partial charge >= 0.3 is 0 Å². The number of amides is 1. The molecule has 1 amide bonds. The van der Waals surface area contributed by atoms with E-state index < -0.39 is 5.54 Å². The smallest absolute Gasteiger partial charge is 0.237 e. The second-order valence-electron chi connectivity index (χ2n) is 5.25. The lowest BCUT2D eigenvalue weighted by Gasteiger charge is -2.27. The third-order valence-electron chi connectivity index (χ3n) is 3.39. The van der Waals surface area contributed by atoms with Gasteiger partial charge in [-0.3, -0.25) is 4.79 Å². The molecule has 2 unspecified atom stereocenters. The zero-order valence-corrected chi connectivity index (χ0v) is 11.2. The Morgan fingerprint density at radius 3 is 2.81 bits per heavy atom. The van der Waals surface area contributed by atoms with Crippen molar-refractivity contribution in [1.82, 2.24) is 0 Å². The highest BCUT2D eigenvalue weighted by molar-refractivity contribution is 7.99. The minimum absolute atomic E-state index is 0.296. The molecule has 1 aliphatic rings. The number of rotatable bonds is 6. The Morgan fingerprint density at radius 2 is 2.25 bits per heavy atom. The molecule has 4 N–H and O–H groups in total. The van der Waals surface area contributed by atoms with Crippen molar-refractivity contribution >= 4 is 17.7 Å². The van der Waals surface area contributed by atoms with Crippen molar-refractivity contribution in [1.29, 1.82) is 0 Å². The number of hydrogen-bond donors (Lipinski definition) is 2. The Kier molecular flexibility index (Phi) is 5.12. The van der Waals surface area contributed by atoms with Crippen molar-refractivity contribution in [2.24, 2.45) is 23.3 Å². The lowest BCUT2D eigenvalue weighted by molar-refractivity contribution is -0.124. The van der Waals surface area contributed by atoms with Crippen molar-refractivity contribution in [3.05, 3.63) is 0 Å². The fraction of sp³-hybridized carbons (Fsp3) is 0.917. The molecule has 0 radical (unpaired) electrons. The van der Waals surface area contributed by atoms with Gasteiger partial charge in [0.15, 0.2) is 0 Å².